The number of carbonyl (C=O) groups excluding carboxylic acids is 1. The first-order chi connectivity index (χ1) is 9.20. The van der Waals surface area contributed by atoms with Gasteiger partial charge in [0.2, 0.25) is 0 Å². The van der Waals surface area contributed by atoms with Gasteiger partial charge in [0.1, 0.15) is 11.5 Å². The monoisotopic (exact) mass is 256 g/mol. The van der Waals surface area contributed by atoms with Crippen LogP contribution >= 0.6 is 0 Å². The minimum absolute atomic E-state index is 0.253. The molecule has 2 rings (SSSR count). The zero-order valence-corrected chi connectivity index (χ0v) is 11.0. The van der Waals surface area contributed by atoms with E-state index < -0.39 is 0 Å². The lowest BCUT2D eigenvalue weighted by atomic mass is 10.0. The Labute approximate surface area is 112 Å². The lowest BCUT2D eigenvalue weighted by Crippen LogP contribution is -2.10. The topological polar surface area (TPSA) is 35.5 Å². The molecule has 0 aromatic heterocycles. The summed E-state index contributed by atoms with van der Waals surface area (Å²) < 4.78 is 10.5. The molecule has 0 saturated carbocycles. The van der Waals surface area contributed by atoms with Crippen LogP contribution in [0.5, 0.6) is 11.5 Å². The molecular weight excluding hydrogens is 240 g/mol. The highest BCUT2D eigenvalue weighted by Gasteiger charge is 2.15. The number of para-hydroxylation sites is 1. The van der Waals surface area contributed by atoms with Crippen molar-refractivity contribution < 1.29 is 14.3 Å². The zero-order chi connectivity index (χ0) is 13.7. The normalized spacial score (nSPS) is 11.7. The summed E-state index contributed by atoms with van der Waals surface area (Å²) in [6.45, 7) is 1.81. The van der Waals surface area contributed by atoms with Crippen molar-refractivity contribution in [1.29, 1.82) is 0 Å². The summed E-state index contributed by atoms with van der Waals surface area (Å²) in [6, 6.07) is 17.0. The second-order valence-electron chi connectivity index (χ2n) is 4.23. The number of benzene rings is 2. The maximum absolute atomic E-state index is 11.5. The van der Waals surface area contributed by atoms with Crippen LogP contribution in [-0.4, -0.2) is 13.1 Å². The average Bonchev–Trinajstić information content (AvgIpc) is 2.47. The third kappa shape index (κ3) is 3.35. The summed E-state index contributed by atoms with van der Waals surface area (Å²) in [5.41, 5.74) is 0.875. The molecule has 0 aliphatic rings. The fraction of sp³-hybridized carbons (Fsp3) is 0.188. The molecule has 0 aliphatic carbocycles. The molecule has 0 N–H and O–H groups in total. The highest BCUT2D eigenvalue weighted by molar-refractivity contribution is 5.77. The molecule has 0 unspecified atom stereocenters. The lowest BCUT2D eigenvalue weighted by molar-refractivity contribution is -0.141. The molecule has 0 fully saturated rings. The maximum atomic E-state index is 11.5. The van der Waals surface area contributed by atoms with E-state index in [0.29, 0.717) is 5.75 Å². The van der Waals surface area contributed by atoms with Crippen LogP contribution in [0.3, 0.4) is 0 Å². The van der Waals surface area contributed by atoms with E-state index in [0.717, 1.165) is 11.3 Å². The van der Waals surface area contributed by atoms with E-state index in [1.165, 1.54) is 7.11 Å². The van der Waals surface area contributed by atoms with Gasteiger partial charge in [-0.1, -0.05) is 30.3 Å². The summed E-state index contributed by atoms with van der Waals surface area (Å²) in [5, 5.41) is 0. The molecule has 98 valence electrons. The second-order valence-corrected chi connectivity index (χ2v) is 4.23. The molecule has 3 nitrogen and oxygen atoms in total. The molecule has 2 aromatic carbocycles. The molecule has 0 bridgehead atoms. The molecule has 1 atom stereocenters. The van der Waals surface area contributed by atoms with Crippen molar-refractivity contribution in [3.63, 3.8) is 0 Å². The second kappa shape index (κ2) is 6.05. The van der Waals surface area contributed by atoms with Gasteiger partial charge in [-0.2, -0.15) is 0 Å². The Morgan fingerprint density at radius 2 is 1.68 bits per heavy atom. The summed E-state index contributed by atoms with van der Waals surface area (Å²) in [5.74, 6) is 0.922. The van der Waals surface area contributed by atoms with Gasteiger partial charge in [-0.15, -0.1) is 0 Å². The summed E-state index contributed by atoms with van der Waals surface area (Å²) >= 11 is 0. The maximum Gasteiger partial charge on any atom is 0.312 e. The number of rotatable bonds is 4. The van der Waals surface area contributed by atoms with Gasteiger partial charge in [0.05, 0.1) is 13.0 Å². The number of hydrogen-bond donors (Lipinski definition) is 0. The predicted molar refractivity (Wildman–Crippen MR) is 73.4 cm³/mol. The van der Waals surface area contributed by atoms with Crippen molar-refractivity contribution in [3.8, 4) is 11.5 Å². The van der Waals surface area contributed by atoms with E-state index in [1.54, 1.807) is 0 Å². The lowest BCUT2D eigenvalue weighted by Gasteiger charge is -2.11. The van der Waals surface area contributed by atoms with Crippen molar-refractivity contribution >= 4 is 5.97 Å². The Morgan fingerprint density at radius 1 is 1.00 bits per heavy atom. The van der Waals surface area contributed by atoms with Gasteiger partial charge in [0, 0.05) is 0 Å². The van der Waals surface area contributed by atoms with Gasteiger partial charge < -0.3 is 9.47 Å². The van der Waals surface area contributed by atoms with E-state index in [-0.39, 0.29) is 11.9 Å². The van der Waals surface area contributed by atoms with Gasteiger partial charge in [0.25, 0.3) is 0 Å². The molecule has 0 amide bonds. The average molecular weight is 256 g/mol. The summed E-state index contributed by atoms with van der Waals surface area (Å²) in [4.78, 5) is 11.5. The van der Waals surface area contributed by atoms with E-state index >= 15 is 0 Å². The highest BCUT2D eigenvalue weighted by atomic mass is 16.5. The van der Waals surface area contributed by atoms with Crippen LogP contribution < -0.4 is 4.74 Å². The summed E-state index contributed by atoms with van der Waals surface area (Å²) in [7, 11) is 1.39. The van der Waals surface area contributed by atoms with Crippen molar-refractivity contribution in [3.05, 3.63) is 60.2 Å². The molecular formula is C16H16O3. The van der Waals surface area contributed by atoms with Crippen LogP contribution in [0.15, 0.2) is 54.6 Å². The number of methoxy groups -OCH3 is 1. The molecule has 3 heteroatoms. The number of esters is 1. The van der Waals surface area contributed by atoms with Crippen LogP contribution in [0.1, 0.15) is 18.4 Å². The van der Waals surface area contributed by atoms with Crippen molar-refractivity contribution in [2.75, 3.05) is 7.11 Å². The third-order valence-electron chi connectivity index (χ3n) is 2.89. The van der Waals surface area contributed by atoms with E-state index in [1.807, 2.05) is 61.5 Å². The van der Waals surface area contributed by atoms with Gasteiger partial charge >= 0.3 is 5.97 Å². The van der Waals surface area contributed by atoms with Crippen LogP contribution in [0, 0.1) is 0 Å². The van der Waals surface area contributed by atoms with Gasteiger partial charge in [-0.25, -0.2) is 0 Å². The van der Waals surface area contributed by atoms with Crippen molar-refractivity contribution in [2.45, 2.75) is 12.8 Å². The quantitative estimate of drug-likeness (QED) is 0.781. The van der Waals surface area contributed by atoms with Gasteiger partial charge in [-0.05, 0) is 36.8 Å². The van der Waals surface area contributed by atoms with Crippen molar-refractivity contribution in [1.82, 2.24) is 0 Å². The molecule has 19 heavy (non-hydrogen) atoms. The van der Waals surface area contributed by atoms with Crippen LogP contribution in [0.4, 0.5) is 0 Å². The number of hydrogen-bond acceptors (Lipinski definition) is 3. The van der Waals surface area contributed by atoms with Crippen molar-refractivity contribution in [2.24, 2.45) is 0 Å². The SMILES string of the molecule is COC(=O)[C@H](C)c1cccc(Oc2ccccc2)c1. The minimum atomic E-state index is -0.302. The minimum Gasteiger partial charge on any atom is -0.469 e. The van der Waals surface area contributed by atoms with E-state index in [9.17, 15) is 4.79 Å². The first-order valence-corrected chi connectivity index (χ1v) is 6.11. The Morgan fingerprint density at radius 3 is 2.37 bits per heavy atom. The Kier molecular flexibility index (Phi) is 4.18. The largest absolute Gasteiger partial charge is 0.469 e. The van der Waals surface area contributed by atoms with E-state index in [4.69, 9.17) is 9.47 Å². The predicted octanol–water partition coefficient (Wildman–Crippen LogP) is 3.76. The Balaban J connectivity index is 2.18. The molecule has 2 aromatic rings. The highest BCUT2D eigenvalue weighted by Crippen LogP contribution is 2.25. The summed E-state index contributed by atoms with van der Waals surface area (Å²) in [6.07, 6.45) is 0. The Bertz CT molecular complexity index is 549. The number of carbonyl (C=O) groups is 1. The smallest absolute Gasteiger partial charge is 0.312 e. The Hall–Kier alpha value is -2.29. The van der Waals surface area contributed by atoms with Crippen LogP contribution in [0.2, 0.25) is 0 Å². The molecule has 0 heterocycles. The number of ether oxygens (including phenoxy) is 2. The molecule has 0 spiro atoms. The molecule has 0 aliphatic heterocycles. The first-order valence-electron chi connectivity index (χ1n) is 6.11. The zero-order valence-electron chi connectivity index (χ0n) is 11.0. The fourth-order valence-corrected chi connectivity index (χ4v) is 1.78. The fourth-order valence-electron chi connectivity index (χ4n) is 1.78. The van der Waals surface area contributed by atoms with Crippen LogP contribution in [-0.2, 0) is 9.53 Å². The third-order valence-corrected chi connectivity index (χ3v) is 2.89. The van der Waals surface area contributed by atoms with Gasteiger partial charge in [0.15, 0.2) is 0 Å². The molecule has 0 radical (unpaired) electrons. The first kappa shape index (κ1) is 13.1. The van der Waals surface area contributed by atoms with Crippen LogP contribution in [0.25, 0.3) is 0 Å². The van der Waals surface area contributed by atoms with Gasteiger partial charge in [-0.3, -0.25) is 4.79 Å². The molecule has 0 saturated heterocycles. The standard InChI is InChI=1S/C16H16O3/c1-12(16(17)18-2)13-7-6-10-15(11-13)19-14-8-4-3-5-9-14/h3-12H,1-2H3/t12-/m1/s1. The van der Waals surface area contributed by atoms with E-state index in [2.05, 4.69) is 0 Å².